The van der Waals surface area contributed by atoms with Gasteiger partial charge in [0.15, 0.2) is 0 Å². The van der Waals surface area contributed by atoms with E-state index in [0.29, 0.717) is 0 Å². The summed E-state index contributed by atoms with van der Waals surface area (Å²) < 4.78 is 5.56. The van der Waals surface area contributed by atoms with Crippen LogP contribution in [0.3, 0.4) is 0 Å². The van der Waals surface area contributed by atoms with Crippen molar-refractivity contribution in [2.75, 3.05) is 39.8 Å². The number of ether oxygens (including phenoxy) is 1. The van der Waals surface area contributed by atoms with Crippen molar-refractivity contribution in [3.05, 3.63) is 29.3 Å². The van der Waals surface area contributed by atoms with Crippen molar-refractivity contribution in [3.63, 3.8) is 0 Å². The second-order valence-corrected chi connectivity index (χ2v) is 6.14. The molecule has 2 aliphatic heterocycles. The predicted octanol–water partition coefficient (Wildman–Crippen LogP) is 0.874. The van der Waals surface area contributed by atoms with Gasteiger partial charge >= 0.3 is 0 Å². The summed E-state index contributed by atoms with van der Waals surface area (Å²) >= 11 is 0. The molecule has 0 aromatic heterocycles. The second kappa shape index (κ2) is 6.67. The summed E-state index contributed by atoms with van der Waals surface area (Å²) in [6.07, 6.45) is 1.03. The molecular formula is C17H25N3O2. The average molecular weight is 303 g/mol. The highest BCUT2D eigenvalue weighted by Crippen LogP contribution is 2.26. The lowest BCUT2D eigenvalue weighted by molar-refractivity contribution is -0.126. The maximum Gasteiger partial charge on any atom is 0.236 e. The Kier molecular flexibility index (Phi) is 4.64. The van der Waals surface area contributed by atoms with Crippen LogP contribution in [0.4, 0.5) is 0 Å². The van der Waals surface area contributed by atoms with E-state index in [2.05, 4.69) is 33.3 Å². The maximum atomic E-state index is 11.7. The van der Waals surface area contributed by atoms with Crippen LogP contribution >= 0.6 is 0 Å². The summed E-state index contributed by atoms with van der Waals surface area (Å²) in [5.74, 6) is 1.15. The van der Waals surface area contributed by atoms with Gasteiger partial charge in [-0.15, -0.1) is 0 Å². The van der Waals surface area contributed by atoms with E-state index in [1.54, 1.807) is 7.05 Å². The molecule has 1 amide bonds. The molecule has 5 heteroatoms. The van der Waals surface area contributed by atoms with Crippen LogP contribution in [0.25, 0.3) is 0 Å². The van der Waals surface area contributed by atoms with E-state index in [-0.39, 0.29) is 11.9 Å². The largest absolute Gasteiger partial charge is 0.493 e. The second-order valence-electron chi connectivity index (χ2n) is 6.14. The van der Waals surface area contributed by atoms with E-state index in [1.807, 2.05) is 6.92 Å². The number of amides is 1. The Morgan fingerprint density at radius 3 is 2.82 bits per heavy atom. The lowest BCUT2D eigenvalue weighted by Crippen LogP contribution is -2.53. The van der Waals surface area contributed by atoms with Crippen LogP contribution in [0, 0.1) is 0 Å². The standard InChI is InChI=1S/C17H25N3O2/c1-13(17(21)18-2)20-8-6-19(7-9-20)12-14-3-4-16-15(11-14)5-10-22-16/h3-4,11,13H,5-10,12H2,1-2H3,(H,18,21)/t13-/m1/s1. The van der Waals surface area contributed by atoms with Gasteiger partial charge in [-0.05, 0) is 24.1 Å². The van der Waals surface area contributed by atoms with Crippen LogP contribution in [0.1, 0.15) is 18.1 Å². The molecule has 1 saturated heterocycles. The molecule has 1 atom stereocenters. The number of carbonyl (C=O) groups is 1. The van der Waals surface area contributed by atoms with Crippen LogP contribution in [0.2, 0.25) is 0 Å². The minimum absolute atomic E-state index is 0.0377. The molecule has 0 unspecified atom stereocenters. The molecular weight excluding hydrogens is 278 g/mol. The zero-order valence-electron chi connectivity index (χ0n) is 13.5. The third kappa shape index (κ3) is 3.25. The van der Waals surface area contributed by atoms with E-state index in [1.165, 1.54) is 11.1 Å². The Bertz CT molecular complexity index is 539. The van der Waals surface area contributed by atoms with Crippen molar-refractivity contribution in [3.8, 4) is 5.75 Å². The van der Waals surface area contributed by atoms with Crippen molar-refractivity contribution < 1.29 is 9.53 Å². The van der Waals surface area contributed by atoms with Crippen LogP contribution < -0.4 is 10.1 Å². The third-order valence-electron chi connectivity index (χ3n) is 4.74. The van der Waals surface area contributed by atoms with Crippen molar-refractivity contribution in [1.29, 1.82) is 0 Å². The number of hydrogen-bond donors (Lipinski definition) is 1. The summed E-state index contributed by atoms with van der Waals surface area (Å²) in [6, 6.07) is 6.51. The Balaban J connectivity index is 1.53. The molecule has 1 aromatic rings. The maximum absolute atomic E-state index is 11.7. The molecule has 2 heterocycles. The lowest BCUT2D eigenvalue weighted by Gasteiger charge is -2.37. The number of rotatable bonds is 4. The summed E-state index contributed by atoms with van der Waals surface area (Å²) in [6.45, 7) is 7.69. The van der Waals surface area contributed by atoms with Crippen LogP contribution in [0.5, 0.6) is 5.75 Å². The molecule has 0 aliphatic carbocycles. The van der Waals surface area contributed by atoms with E-state index in [4.69, 9.17) is 4.74 Å². The number of fused-ring (bicyclic) bond motifs is 1. The van der Waals surface area contributed by atoms with Gasteiger partial charge in [0, 0.05) is 46.2 Å². The van der Waals surface area contributed by atoms with Gasteiger partial charge in [-0.25, -0.2) is 0 Å². The Hall–Kier alpha value is -1.59. The van der Waals surface area contributed by atoms with Crippen LogP contribution in [-0.4, -0.2) is 61.6 Å². The summed E-state index contributed by atoms with van der Waals surface area (Å²) in [5, 5.41) is 2.73. The molecule has 3 rings (SSSR count). The molecule has 0 bridgehead atoms. The molecule has 5 nitrogen and oxygen atoms in total. The summed E-state index contributed by atoms with van der Waals surface area (Å²) in [5.41, 5.74) is 2.70. The highest BCUT2D eigenvalue weighted by Gasteiger charge is 2.25. The summed E-state index contributed by atoms with van der Waals surface area (Å²) in [4.78, 5) is 16.4. The van der Waals surface area contributed by atoms with Crippen molar-refractivity contribution in [2.24, 2.45) is 0 Å². The first-order valence-electron chi connectivity index (χ1n) is 8.10. The Morgan fingerprint density at radius 1 is 1.32 bits per heavy atom. The molecule has 1 aromatic carbocycles. The fraction of sp³-hybridized carbons (Fsp3) is 0.588. The molecule has 1 fully saturated rings. The third-order valence-corrected chi connectivity index (χ3v) is 4.74. The minimum atomic E-state index is -0.0377. The van der Waals surface area contributed by atoms with Gasteiger partial charge in [0.05, 0.1) is 12.6 Å². The number of carbonyl (C=O) groups excluding carboxylic acids is 1. The number of likely N-dealkylation sites (N-methyl/N-ethyl adjacent to an activating group) is 1. The van der Waals surface area contributed by atoms with Crippen LogP contribution in [0.15, 0.2) is 18.2 Å². The monoisotopic (exact) mass is 303 g/mol. The first-order chi connectivity index (χ1) is 10.7. The van der Waals surface area contributed by atoms with Crippen molar-refractivity contribution in [2.45, 2.75) is 25.9 Å². The van der Waals surface area contributed by atoms with Crippen molar-refractivity contribution >= 4 is 5.91 Å². The fourth-order valence-electron chi connectivity index (χ4n) is 3.28. The molecule has 120 valence electrons. The number of benzene rings is 1. The predicted molar refractivity (Wildman–Crippen MR) is 86.0 cm³/mol. The number of nitrogens with zero attached hydrogens (tertiary/aromatic N) is 2. The Labute approximate surface area is 132 Å². The Morgan fingerprint density at radius 2 is 2.09 bits per heavy atom. The quantitative estimate of drug-likeness (QED) is 0.897. The SMILES string of the molecule is CNC(=O)[C@@H](C)N1CCN(Cc2ccc3c(c2)CCO3)CC1. The average Bonchev–Trinajstić information content (AvgIpc) is 3.02. The van der Waals surface area contributed by atoms with Gasteiger partial charge in [-0.2, -0.15) is 0 Å². The molecule has 0 spiro atoms. The van der Waals surface area contributed by atoms with E-state index >= 15 is 0 Å². The van der Waals surface area contributed by atoms with Gasteiger partial charge in [0.2, 0.25) is 5.91 Å². The van der Waals surface area contributed by atoms with Gasteiger partial charge < -0.3 is 10.1 Å². The van der Waals surface area contributed by atoms with Gasteiger partial charge in [0.25, 0.3) is 0 Å². The fourth-order valence-corrected chi connectivity index (χ4v) is 3.28. The van der Waals surface area contributed by atoms with Gasteiger partial charge in [-0.1, -0.05) is 12.1 Å². The van der Waals surface area contributed by atoms with E-state index in [9.17, 15) is 4.79 Å². The normalized spacial score (nSPS) is 20.3. The van der Waals surface area contributed by atoms with Crippen molar-refractivity contribution in [1.82, 2.24) is 15.1 Å². The van der Waals surface area contributed by atoms with E-state index < -0.39 is 0 Å². The topological polar surface area (TPSA) is 44.8 Å². The highest BCUT2D eigenvalue weighted by atomic mass is 16.5. The van der Waals surface area contributed by atoms with E-state index in [0.717, 1.165) is 51.5 Å². The van der Waals surface area contributed by atoms with Crippen LogP contribution in [-0.2, 0) is 17.8 Å². The number of hydrogen-bond acceptors (Lipinski definition) is 4. The molecule has 22 heavy (non-hydrogen) atoms. The van der Waals surface area contributed by atoms with Gasteiger partial charge in [0.1, 0.15) is 5.75 Å². The smallest absolute Gasteiger partial charge is 0.236 e. The summed E-state index contributed by atoms with van der Waals surface area (Å²) in [7, 11) is 1.70. The lowest BCUT2D eigenvalue weighted by atomic mass is 10.1. The molecule has 2 aliphatic rings. The zero-order valence-corrected chi connectivity index (χ0v) is 13.5. The first kappa shape index (κ1) is 15.3. The number of piperazine rings is 1. The first-order valence-corrected chi connectivity index (χ1v) is 8.10. The molecule has 1 N–H and O–H groups in total. The van der Waals surface area contributed by atoms with Gasteiger partial charge in [-0.3, -0.25) is 14.6 Å². The highest BCUT2D eigenvalue weighted by molar-refractivity contribution is 5.80. The number of nitrogens with one attached hydrogen (secondary N) is 1. The molecule has 0 saturated carbocycles. The zero-order chi connectivity index (χ0) is 15.5. The molecule has 0 radical (unpaired) electrons. The minimum Gasteiger partial charge on any atom is -0.493 e.